The van der Waals surface area contributed by atoms with Crippen molar-refractivity contribution in [2.75, 3.05) is 0 Å². The van der Waals surface area contributed by atoms with Crippen molar-refractivity contribution in [2.45, 2.75) is 0 Å². The molecule has 9 aromatic rings. The molecule has 190 valence electrons. The highest BCUT2D eigenvalue weighted by atomic mass is 16.3. The van der Waals surface area contributed by atoms with Crippen LogP contribution in [0.25, 0.3) is 87.3 Å². The number of furan rings is 1. The molecule has 0 aliphatic carbocycles. The molecule has 0 N–H and O–H groups in total. The van der Waals surface area contributed by atoms with E-state index >= 15 is 0 Å². The molecule has 0 atom stereocenters. The van der Waals surface area contributed by atoms with E-state index in [0.29, 0.717) is 0 Å². The van der Waals surface area contributed by atoms with Gasteiger partial charge in [0.1, 0.15) is 11.2 Å². The van der Waals surface area contributed by atoms with Crippen LogP contribution in [-0.2, 0) is 0 Å². The molecule has 41 heavy (non-hydrogen) atoms. The van der Waals surface area contributed by atoms with E-state index < -0.39 is 0 Å². The van der Waals surface area contributed by atoms with E-state index in [1.165, 1.54) is 59.8 Å². The number of rotatable bonds is 2. The molecule has 1 heterocycles. The quantitative estimate of drug-likeness (QED) is 0.207. The van der Waals surface area contributed by atoms with Crippen molar-refractivity contribution in [2.24, 2.45) is 0 Å². The highest BCUT2D eigenvalue weighted by Gasteiger charge is 2.17. The van der Waals surface area contributed by atoms with Gasteiger partial charge >= 0.3 is 0 Å². The zero-order valence-corrected chi connectivity index (χ0v) is 22.3. The monoisotopic (exact) mass is 520 g/mol. The van der Waals surface area contributed by atoms with Gasteiger partial charge in [-0.1, -0.05) is 121 Å². The SMILES string of the molecule is c1ccc2c(c1)cc(-c1ccc3oc4c(-c5cc6ccccc6c6ccccc56)cccc4c3c1)c1ccccc12. The maximum absolute atomic E-state index is 6.65. The lowest BCUT2D eigenvalue weighted by Gasteiger charge is -2.11. The van der Waals surface area contributed by atoms with Crippen molar-refractivity contribution in [3.05, 3.63) is 146 Å². The highest BCUT2D eigenvalue weighted by Crippen LogP contribution is 2.42. The van der Waals surface area contributed by atoms with Crippen molar-refractivity contribution in [3.8, 4) is 22.3 Å². The van der Waals surface area contributed by atoms with Gasteiger partial charge in [0.25, 0.3) is 0 Å². The van der Waals surface area contributed by atoms with Gasteiger partial charge in [-0.15, -0.1) is 0 Å². The molecule has 0 bridgehead atoms. The van der Waals surface area contributed by atoms with Gasteiger partial charge in [-0.2, -0.15) is 0 Å². The smallest absolute Gasteiger partial charge is 0.143 e. The molecule has 0 saturated heterocycles. The molecule has 1 nitrogen and oxygen atoms in total. The minimum Gasteiger partial charge on any atom is -0.455 e. The Kier molecular flexibility index (Phi) is 4.67. The highest BCUT2D eigenvalue weighted by molar-refractivity contribution is 6.19. The van der Waals surface area contributed by atoms with E-state index in [-0.39, 0.29) is 0 Å². The van der Waals surface area contributed by atoms with Crippen molar-refractivity contribution >= 4 is 65.0 Å². The number of hydrogen-bond donors (Lipinski definition) is 0. The third-order valence-electron chi connectivity index (χ3n) is 8.63. The lowest BCUT2D eigenvalue weighted by Crippen LogP contribution is -1.85. The first kappa shape index (κ1) is 22.4. The molecule has 9 rings (SSSR count). The van der Waals surface area contributed by atoms with Crippen LogP contribution in [-0.4, -0.2) is 0 Å². The van der Waals surface area contributed by atoms with Crippen molar-refractivity contribution in [1.29, 1.82) is 0 Å². The van der Waals surface area contributed by atoms with Gasteiger partial charge in [0, 0.05) is 16.3 Å². The summed E-state index contributed by atoms with van der Waals surface area (Å²) in [4.78, 5) is 0. The number of para-hydroxylation sites is 1. The number of benzene rings is 8. The van der Waals surface area contributed by atoms with Gasteiger partial charge in [-0.25, -0.2) is 0 Å². The predicted octanol–water partition coefficient (Wildman–Crippen LogP) is 11.5. The Morgan fingerprint density at radius 3 is 1.54 bits per heavy atom. The minimum atomic E-state index is 0.909. The first-order valence-electron chi connectivity index (χ1n) is 14.1. The maximum Gasteiger partial charge on any atom is 0.143 e. The van der Waals surface area contributed by atoms with Crippen molar-refractivity contribution in [1.82, 2.24) is 0 Å². The van der Waals surface area contributed by atoms with Crippen LogP contribution in [0.1, 0.15) is 0 Å². The van der Waals surface area contributed by atoms with E-state index in [4.69, 9.17) is 4.42 Å². The third-order valence-corrected chi connectivity index (χ3v) is 8.63. The molecule has 0 spiro atoms. The lowest BCUT2D eigenvalue weighted by atomic mass is 9.91. The van der Waals surface area contributed by atoms with Crippen LogP contribution in [0.15, 0.2) is 150 Å². The van der Waals surface area contributed by atoms with Crippen LogP contribution in [0, 0.1) is 0 Å². The van der Waals surface area contributed by atoms with Crippen LogP contribution in [0.4, 0.5) is 0 Å². The van der Waals surface area contributed by atoms with Crippen LogP contribution < -0.4 is 0 Å². The molecule has 0 fully saturated rings. The minimum absolute atomic E-state index is 0.909. The summed E-state index contributed by atoms with van der Waals surface area (Å²) in [5.74, 6) is 0. The topological polar surface area (TPSA) is 13.1 Å². The molecule has 0 unspecified atom stereocenters. The Morgan fingerprint density at radius 2 is 0.854 bits per heavy atom. The van der Waals surface area contributed by atoms with Crippen LogP contribution in [0.5, 0.6) is 0 Å². The summed E-state index contributed by atoms with van der Waals surface area (Å²) in [6.45, 7) is 0. The molecular formula is C40H24O. The normalized spacial score (nSPS) is 11.9. The molecule has 0 saturated carbocycles. The van der Waals surface area contributed by atoms with E-state index in [0.717, 1.165) is 27.5 Å². The van der Waals surface area contributed by atoms with Gasteiger partial charge < -0.3 is 4.42 Å². The average molecular weight is 521 g/mol. The fourth-order valence-corrected chi connectivity index (χ4v) is 6.75. The molecular weight excluding hydrogens is 496 g/mol. The summed E-state index contributed by atoms with van der Waals surface area (Å²) in [5.41, 5.74) is 6.61. The van der Waals surface area contributed by atoms with E-state index in [1.807, 2.05) is 0 Å². The van der Waals surface area contributed by atoms with E-state index in [1.54, 1.807) is 0 Å². The van der Waals surface area contributed by atoms with Gasteiger partial charge in [-0.3, -0.25) is 0 Å². The fourth-order valence-electron chi connectivity index (χ4n) is 6.75. The molecule has 0 amide bonds. The molecule has 1 heteroatoms. The van der Waals surface area contributed by atoms with Crippen LogP contribution in [0.3, 0.4) is 0 Å². The zero-order valence-electron chi connectivity index (χ0n) is 22.3. The summed E-state index contributed by atoms with van der Waals surface area (Å²) in [7, 11) is 0. The molecule has 8 aromatic carbocycles. The first-order valence-corrected chi connectivity index (χ1v) is 14.1. The van der Waals surface area contributed by atoms with E-state index in [9.17, 15) is 0 Å². The second-order valence-corrected chi connectivity index (χ2v) is 10.9. The lowest BCUT2D eigenvalue weighted by molar-refractivity contribution is 0.670. The molecule has 1 aromatic heterocycles. The zero-order chi connectivity index (χ0) is 26.9. The third kappa shape index (κ3) is 3.30. The van der Waals surface area contributed by atoms with Gasteiger partial charge in [0.15, 0.2) is 0 Å². The Balaban J connectivity index is 1.31. The number of hydrogen-bond acceptors (Lipinski definition) is 1. The maximum atomic E-state index is 6.65. The van der Waals surface area contributed by atoms with Crippen LogP contribution in [0.2, 0.25) is 0 Å². The Bertz CT molecular complexity index is 2480. The van der Waals surface area contributed by atoms with E-state index in [2.05, 4.69) is 146 Å². The summed E-state index contributed by atoms with van der Waals surface area (Å²) in [5, 5.41) is 12.4. The standard InChI is InChI=1S/C40H24O/c1-3-12-28-25(10-1)22-36(32-16-7-5-14-30(28)32)27-20-21-39-38(24-27)35-19-9-18-34(40(35)41-39)37-23-26-11-2-4-13-29(26)31-15-6-8-17-33(31)37/h1-24H. The fraction of sp³-hybridized carbons (Fsp3) is 0. The number of fused-ring (bicyclic) bond motifs is 9. The summed E-state index contributed by atoms with van der Waals surface area (Å²) in [6.07, 6.45) is 0. The Labute approximate surface area is 236 Å². The van der Waals surface area contributed by atoms with Crippen molar-refractivity contribution in [3.63, 3.8) is 0 Å². The molecule has 0 radical (unpaired) electrons. The van der Waals surface area contributed by atoms with Crippen LogP contribution >= 0.6 is 0 Å². The Morgan fingerprint density at radius 1 is 0.317 bits per heavy atom. The predicted molar refractivity (Wildman–Crippen MR) is 175 cm³/mol. The first-order chi connectivity index (χ1) is 20.3. The second-order valence-electron chi connectivity index (χ2n) is 10.9. The summed E-state index contributed by atoms with van der Waals surface area (Å²) >= 11 is 0. The second kappa shape index (κ2) is 8.55. The molecule has 0 aliphatic heterocycles. The summed E-state index contributed by atoms with van der Waals surface area (Å²) < 4.78 is 6.65. The molecule has 0 aliphatic rings. The van der Waals surface area contributed by atoms with Gasteiger partial charge in [0.05, 0.1) is 0 Å². The largest absolute Gasteiger partial charge is 0.455 e. The van der Waals surface area contributed by atoms with Crippen molar-refractivity contribution < 1.29 is 4.42 Å². The summed E-state index contributed by atoms with van der Waals surface area (Å²) in [6, 6.07) is 52.5. The Hall–Kier alpha value is -5.40. The average Bonchev–Trinajstić information content (AvgIpc) is 3.42. The van der Waals surface area contributed by atoms with Gasteiger partial charge in [0.2, 0.25) is 0 Å². The van der Waals surface area contributed by atoms with Gasteiger partial charge in [-0.05, 0) is 84.0 Å².